The Labute approximate surface area is 133 Å². The minimum atomic E-state index is -0.165. The van der Waals surface area contributed by atoms with Crippen LogP contribution in [0.1, 0.15) is 58.4 Å². The van der Waals surface area contributed by atoms with Gasteiger partial charge in [0.25, 0.3) is 0 Å². The van der Waals surface area contributed by atoms with Gasteiger partial charge in [0.2, 0.25) is 0 Å². The van der Waals surface area contributed by atoms with E-state index in [0.717, 1.165) is 18.4 Å². The van der Waals surface area contributed by atoms with Gasteiger partial charge in [0.1, 0.15) is 6.10 Å². The lowest BCUT2D eigenvalue weighted by molar-refractivity contribution is -0.187. The molecule has 0 N–H and O–H groups in total. The maximum absolute atomic E-state index is 12.6. The highest BCUT2D eigenvalue weighted by Crippen LogP contribution is 2.61. The van der Waals surface area contributed by atoms with Gasteiger partial charge in [-0.3, -0.25) is 9.78 Å². The number of ether oxygens (including phenoxy) is 1. The molecular weight excluding hydrogens is 274 g/mol. The van der Waals surface area contributed by atoms with Gasteiger partial charge < -0.3 is 4.74 Å². The second-order valence-electron chi connectivity index (χ2n) is 7.67. The highest BCUT2D eigenvalue weighted by atomic mass is 16.5. The Bertz CT molecular complexity index is 540. The zero-order valence-electron chi connectivity index (χ0n) is 14.1. The third-order valence-electron chi connectivity index (χ3n) is 6.35. The Balaban J connectivity index is 1.67. The molecule has 1 heterocycles. The lowest BCUT2D eigenvalue weighted by atomic mass is 9.45. The fourth-order valence-electron chi connectivity index (χ4n) is 4.62. The van der Waals surface area contributed by atoms with Crippen LogP contribution in [0.5, 0.6) is 0 Å². The first-order valence-electron chi connectivity index (χ1n) is 8.55. The minimum absolute atomic E-state index is 0.0651. The Morgan fingerprint density at radius 2 is 2.05 bits per heavy atom. The van der Waals surface area contributed by atoms with Crippen molar-refractivity contribution in [3.8, 4) is 0 Å². The van der Waals surface area contributed by atoms with Crippen molar-refractivity contribution >= 4 is 5.97 Å². The molecule has 2 bridgehead atoms. The van der Waals surface area contributed by atoms with E-state index < -0.39 is 0 Å². The van der Waals surface area contributed by atoms with Gasteiger partial charge >= 0.3 is 5.97 Å². The summed E-state index contributed by atoms with van der Waals surface area (Å²) in [5, 5.41) is 0. The van der Waals surface area contributed by atoms with Crippen LogP contribution < -0.4 is 0 Å². The van der Waals surface area contributed by atoms with E-state index in [0.29, 0.717) is 23.2 Å². The Morgan fingerprint density at radius 3 is 2.59 bits per heavy atom. The number of carbonyl (C=O) groups is 1. The molecule has 1 unspecified atom stereocenters. The number of carbonyl (C=O) groups excluding carboxylic acids is 1. The SMILES string of the molecule is CCC(C(=O)O[C@H]1C[C@H]2C[C@@H]([C@@H]1C)C2(C)C)c1ccncc1. The third kappa shape index (κ3) is 2.45. The molecule has 0 spiro atoms. The first-order chi connectivity index (χ1) is 10.4. The van der Waals surface area contributed by atoms with Gasteiger partial charge in [-0.05, 0) is 60.1 Å². The molecule has 3 heteroatoms. The van der Waals surface area contributed by atoms with E-state index in [2.05, 4.69) is 25.8 Å². The fourth-order valence-corrected chi connectivity index (χ4v) is 4.62. The van der Waals surface area contributed by atoms with Gasteiger partial charge in [0.15, 0.2) is 0 Å². The predicted molar refractivity (Wildman–Crippen MR) is 86.3 cm³/mol. The van der Waals surface area contributed by atoms with Crippen LogP contribution >= 0.6 is 0 Å². The summed E-state index contributed by atoms with van der Waals surface area (Å²) in [5.74, 6) is 1.66. The normalized spacial score (nSPS) is 33.6. The first kappa shape index (κ1) is 15.5. The van der Waals surface area contributed by atoms with E-state index >= 15 is 0 Å². The topological polar surface area (TPSA) is 39.2 Å². The standard InChI is InChI=1S/C19H27NO2/c1-5-15(13-6-8-20-9-7-13)18(21)22-17-11-14-10-16(12(17)2)19(14,3)4/h6-9,12,14-17H,5,10-11H2,1-4H3/t12-,14+,15?,16-,17-/m0/s1. The van der Waals surface area contributed by atoms with Crippen molar-refractivity contribution in [3.63, 3.8) is 0 Å². The maximum Gasteiger partial charge on any atom is 0.313 e. The molecule has 4 rings (SSSR count). The largest absolute Gasteiger partial charge is 0.462 e. The van der Waals surface area contributed by atoms with Gasteiger partial charge in [0.05, 0.1) is 5.92 Å². The number of hydrogen-bond donors (Lipinski definition) is 0. The average molecular weight is 301 g/mol. The van der Waals surface area contributed by atoms with Crippen molar-refractivity contribution in [1.29, 1.82) is 0 Å². The van der Waals surface area contributed by atoms with Crippen molar-refractivity contribution in [2.75, 3.05) is 0 Å². The molecule has 3 saturated carbocycles. The van der Waals surface area contributed by atoms with Crippen LogP contribution in [0.4, 0.5) is 0 Å². The number of fused-ring (bicyclic) bond motifs is 2. The molecule has 0 saturated heterocycles. The molecule has 3 fully saturated rings. The Hall–Kier alpha value is -1.38. The van der Waals surface area contributed by atoms with Crippen LogP contribution in [-0.2, 0) is 9.53 Å². The quantitative estimate of drug-likeness (QED) is 0.783. The average Bonchev–Trinajstić information content (AvgIpc) is 2.50. The third-order valence-corrected chi connectivity index (χ3v) is 6.35. The van der Waals surface area contributed by atoms with Crippen molar-refractivity contribution in [2.45, 2.75) is 59.0 Å². The van der Waals surface area contributed by atoms with Crippen molar-refractivity contribution in [3.05, 3.63) is 30.1 Å². The molecule has 0 radical (unpaired) electrons. The zero-order chi connectivity index (χ0) is 15.9. The summed E-state index contributed by atoms with van der Waals surface area (Å²) >= 11 is 0. The summed E-state index contributed by atoms with van der Waals surface area (Å²) in [6, 6.07) is 3.83. The first-order valence-corrected chi connectivity index (χ1v) is 8.55. The van der Waals surface area contributed by atoms with Crippen LogP contribution in [-0.4, -0.2) is 17.1 Å². The van der Waals surface area contributed by atoms with Crippen molar-refractivity contribution in [2.24, 2.45) is 23.2 Å². The molecule has 0 amide bonds. The number of esters is 1. The van der Waals surface area contributed by atoms with E-state index in [1.807, 2.05) is 19.1 Å². The number of aromatic nitrogens is 1. The highest BCUT2D eigenvalue weighted by Gasteiger charge is 2.57. The van der Waals surface area contributed by atoms with Crippen LogP contribution in [0.15, 0.2) is 24.5 Å². The van der Waals surface area contributed by atoms with Gasteiger partial charge in [0, 0.05) is 12.4 Å². The Kier molecular flexibility index (Phi) is 4.00. The fraction of sp³-hybridized carbons (Fsp3) is 0.684. The smallest absolute Gasteiger partial charge is 0.313 e. The van der Waals surface area contributed by atoms with Crippen LogP contribution in [0, 0.1) is 23.2 Å². The van der Waals surface area contributed by atoms with Gasteiger partial charge in [-0.25, -0.2) is 0 Å². The lowest BCUT2D eigenvalue weighted by Crippen LogP contribution is -2.57. The second kappa shape index (κ2) is 5.68. The monoisotopic (exact) mass is 301 g/mol. The molecular formula is C19H27NO2. The van der Waals surface area contributed by atoms with Crippen LogP contribution in [0.2, 0.25) is 0 Å². The molecule has 1 aromatic heterocycles. The molecule has 120 valence electrons. The van der Waals surface area contributed by atoms with Gasteiger partial charge in [-0.1, -0.05) is 27.7 Å². The van der Waals surface area contributed by atoms with Gasteiger partial charge in [-0.15, -0.1) is 0 Å². The van der Waals surface area contributed by atoms with Crippen molar-refractivity contribution < 1.29 is 9.53 Å². The van der Waals surface area contributed by atoms with E-state index in [1.165, 1.54) is 6.42 Å². The molecule has 0 aromatic carbocycles. The lowest BCUT2D eigenvalue weighted by Gasteiger charge is -2.61. The molecule has 3 aliphatic carbocycles. The predicted octanol–water partition coefficient (Wildman–Crippen LogP) is 4.19. The van der Waals surface area contributed by atoms with Gasteiger partial charge in [-0.2, -0.15) is 0 Å². The number of pyridine rings is 1. The van der Waals surface area contributed by atoms with Crippen LogP contribution in [0.3, 0.4) is 0 Å². The summed E-state index contributed by atoms with van der Waals surface area (Å²) in [6.45, 7) is 9.03. The van der Waals surface area contributed by atoms with Crippen LogP contribution in [0.25, 0.3) is 0 Å². The molecule has 22 heavy (non-hydrogen) atoms. The molecule has 1 aromatic rings. The summed E-state index contributed by atoms with van der Waals surface area (Å²) in [6.07, 6.45) is 6.69. The second-order valence-corrected chi connectivity index (χ2v) is 7.67. The molecule has 3 nitrogen and oxygen atoms in total. The summed E-state index contributed by atoms with van der Waals surface area (Å²) in [4.78, 5) is 16.7. The van der Waals surface area contributed by atoms with E-state index in [9.17, 15) is 4.79 Å². The van der Waals surface area contributed by atoms with E-state index in [4.69, 9.17) is 4.74 Å². The summed E-state index contributed by atoms with van der Waals surface area (Å²) < 4.78 is 5.95. The van der Waals surface area contributed by atoms with E-state index in [-0.39, 0.29) is 18.0 Å². The zero-order valence-corrected chi connectivity index (χ0v) is 14.1. The number of rotatable bonds is 4. The number of nitrogens with zero attached hydrogens (tertiary/aromatic N) is 1. The maximum atomic E-state index is 12.6. The Morgan fingerprint density at radius 1 is 1.36 bits per heavy atom. The molecule has 0 aliphatic heterocycles. The van der Waals surface area contributed by atoms with Crippen molar-refractivity contribution in [1.82, 2.24) is 4.98 Å². The molecule has 3 aliphatic rings. The highest BCUT2D eigenvalue weighted by molar-refractivity contribution is 5.78. The summed E-state index contributed by atoms with van der Waals surface area (Å²) in [7, 11) is 0. The summed E-state index contributed by atoms with van der Waals surface area (Å²) in [5.41, 5.74) is 1.44. The number of hydrogen-bond acceptors (Lipinski definition) is 3. The van der Waals surface area contributed by atoms with E-state index in [1.54, 1.807) is 12.4 Å². The molecule has 5 atom stereocenters. The minimum Gasteiger partial charge on any atom is -0.462 e.